The van der Waals surface area contributed by atoms with Gasteiger partial charge in [0.1, 0.15) is 18.2 Å². The number of hydrogen-bond donors (Lipinski definition) is 1. The standard InChI is InChI=1S/C24H35NO9/c1-6-9-21(26)33-19-12-11-17(14-20(19)34-22(27)10-7-2)13-18(25)23(28)31-15(4)16(5)32-24(29)30-8-3/h11-12,14-16,18H,6-10,13,25H2,1-5H3/t15-,16?,18-/m0/s1. The largest absolute Gasteiger partial charge is 0.508 e. The van der Waals surface area contributed by atoms with Crippen molar-refractivity contribution < 1.29 is 42.9 Å². The zero-order valence-corrected chi connectivity index (χ0v) is 20.5. The quantitative estimate of drug-likeness (QED) is 0.329. The lowest BCUT2D eigenvalue weighted by Gasteiger charge is -2.22. The van der Waals surface area contributed by atoms with Gasteiger partial charge >= 0.3 is 24.1 Å². The minimum Gasteiger partial charge on any atom is -0.458 e. The summed E-state index contributed by atoms with van der Waals surface area (Å²) >= 11 is 0. The van der Waals surface area contributed by atoms with Crippen molar-refractivity contribution >= 4 is 24.1 Å². The van der Waals surface area contributed by atoms with Gasteiger partial charge in [-0.1, -0.05) is 19.9 Å². The normalized spacial score (nSPS) is 13.2. The minimum atomic E-state index is -1.04. The lowest BCUT2D eigenvalue weighted by Crippen LogP contribution is -2.39. The van der Waals surface area contributed by atoms with Crippen molar-refractivity contribution in [1.82, 2.24) is 0 Å². The first-order valence-corrected chi connectivity index (χ1v) is 11.4. The van der Waals surface area contributed by atoms with Crippen molar-refractivity contribution in [2.45, 2.75) is 85.0 Å². The highest BCUT2D eigenvalue weighted by molar-refractivity contribution is 5.77. The number of rotatable bonds is 13. The number of carbonyl (C=O) groups is 4. The van der Waals surface area contributed by atoms with Gasteiger partial charge in [-0.15, -0.1) is 0 Å². The molecule has 10 nitrogen and oxygen atoms in total. The summed E-state index contributed by atoms with van der Waals surface area (Å²) in [4.78, 5) is 47.8. The van der Waals surface area contributed by atoms with Crippen LogP contribution in [-0.4, -0.2) is 48.9 Å². The molecule has 0 amide bonds. The summed E-state index contributed by atoms with van der Waals surface area (Å²) in [6.45, 7) is 8.63. The monoisotopic (exact) mass is 481 g/mol. The van der Waals surface area contributed by atoms with Crippen molar-refractivity contribution in [2.75, 3.05) is 6.61 Å². The van der Waals surface area contributed by atoms with Gasteiger partial charge in [-0.3, -0.25) is 14.4 Å². The highest BCUT2D eigenvalue weighted by atomic mass is 16.7. The van der Waals surface area contributed by atoms with E-state index in [0.717, 1.165) is 0 Å². The predicted octanol–water partition coefficient (Wildman–Crippen LogP) is 3.46. The molecule has 0 spiro atoms. The van der Waals surface area contributed by atoms with E-state index >= 15 is 0 Å². The van der Waals surface area contributed by atoms with Gasteiger partial charge in [0.2, 0.25) is 0 Å². The van der Waals surface area contributed by atoms with E-state index in [2.05, 4.69) is 0 Å². The van der Waals surface area contributed by atoms with Crippen LogP contribution in [0.4, 0.5) is 4.79 Å². The van der Waals surface area contributed by atoms with Crippen molar-refractivity contribution in [3.8, 4) is 11.5 Å². The molecule has 34 heavy (non-hydrogen) atoms. The molecule has 190 valence electrons. The van der Waals surface area contributed by atoms with E-state index in [4.69, 9.17) is 29.4 Å². The number of carbonyl (C=O) groups excluding carboxylic acids is 4. The maximum Gasteiger partial charge on any atom is 0.508 e. The number of hydrogen-bond acceptors (Lipinski definition) is 10. The second-order valence-corrected chi connectivity index (χ2v) is 7.69. The average Bonchev–Trinajstić information content (AvgIpc) is 2.75. The predicted molar refractivity (Wildman–Crippen MR) is 122 cm³/mol. The molecule has 0 aliphatic heterocycles. The van der Waals surface area contributed by atoms with Crippen LogP contribution in [0.15, 0.2) is 18.2 Å². The van der Waals surface area contributed by atoms with Crippen LogP contribution < -0.4 is 15.2 Å². The molecule has 1 aromatic carbocycles. The molecule has 0 aliphatic carbocycles. The molecule has 1 rings (SSSR count). The zero-order valence-electron chi connectivity index (χ0n) is 20.5. The number of nitrogens with two attached hydrogens (primary N) is 1. The molecule has 1 unspecified atom stereocenters. The zero-order chi connectivity index (χ0) is 25.7. The van der Waals surface area contributed by atoms with Crippen LogP contribution in [0.5, 0.6) is 11.5 Å². The topological polar surface area (TPSA) is 140 Å². The third kappa shape index (κ3) is 10.2. The molecule has 0 aromatic heterocycles. The van der Waals surface area contributed by atoms with Gasteiger partial charge in [0.15, 0.2) is 11.5 Å². The lowest BCUT2D eigenvalue weighted by molar-refractivity contribution is -0.155. The molecular formula is C24H35NO9. The third-order valence-corrected chi connectivity index (χ3v) is 4.63. The van der Waals surface area contributed by atoms with Gasteiger partial charge in [0.05, 0.1) is 6.61 Å². The Morgan fingerprint density at radius 2 is 1.41 bits per heavy atom. The van der Waals surface area contributed by atoms with E-state index < -0.39 is 42.3 Å². The Bertz CT molecular complexity index is 840. The number of ether oxygens (including phenoxy) is 5. The SMILES string of the molecule is CCCC(=O)Oc1ccc(C[C@H](N)C(=O)O[C@@H](C)C(C)OC(=O)OCC)cc1OC(=O)CCC. The second-order valence-electron chi connectivity index (χ2n) is 7.69. The molecule has 0 bridgehead atoms. The summed E-state index contributed by atoms with van der Waals surface area (Å²) in [6, 6.07) is 3.58. The molecule has 0 heterocycles. The Hall–Kier alpha value is -3.14. The third-order valence-electron chi connectivity index (χ3n) is 4.63. The van der Waals surface area contributed by atoms with E-state index in [1.165, 1.54) is 12.1 Å². The number of benzene rings is 1. The lowest BCUT2D eigenvalue weighted by atomic mass is 10.1. The summed E-state index contributed by atoms with van der Waals surface area (Å²) in [5.41, 5.74) is 6.58. The van der Waals surface area contributed by atoms with Gasteiger partial charge < -0.3 is 29.4 Å². The summed E-state index contributed by atoms with van der Waals surface area (Å²) in [5, 5.41) is 0. The summed E-state index contributed by atoms with van der Waals surface area (Å²) < 4.78 is 25.7. The summed E-state index contributed by atoms with van der Waals surface area (Å²) in [6.07, 6.45) is -0.658. The van der Waals surface area contributed by atoms with Crippen LogP contribution in [0.1, 0.15) is 65.9 Å². The Balaban J connectivity index is 2.87. The van der Waals surface area contributed by atoms with Gasteiger partial charge in [-0.05, 0) is 57.7 Å². The first-order valence-electron chi connectivity index (χ1n) is 11.4. The molecule has 0 fully saturated rings. The van der Waals surface area contributed by atoms with E-state index in [1.807, 2.05) is 13.8 Å². The smallest absolute Gasteiger partial charge is 0.458 e. The highest BCUT2D eigenvalue weighted by Crippen LogP contribution is 2.30. The fourth-order valence-electron chi connectivity index (χ4n) is 2.70. The van der Waals surface area contributed by atoms with Crippen LogP contribution in [0.25, 0.3) is 0 Å². The molecule has 1 aromatic rings. The van der Waals surface area contributed by atoms with Gasteiger partial charge in [-0.25, -0.2) is 4.79 Å². The average molecular weight is 482 g/mol. The van der Waals surface area contributed by atoms with Crippen LogP contribution in [0.2, 0.25) is 0 Å². The number of esters is 3. The Morgan fingerprint density at radius 3 is 1.97 bits per heavy atom. The van der Waals surface area contributed by atoms with Crippen molar-refractivity contribution in [2.24, 2.45) is 5.73 Å². The minimum absolute atomic E-state index is 0.0696. The summed E-state index contributed by atoms with van der Waals surface area (Å²) in [7, 11) is 0. The molecule has 3 atom stereocenters. The molecule has 0 saturated carbocycles. The van der Waals surface area contributed by atoms with Crippen LogP contribution >= 0.6 is 0 Å². The Labute approximate surface area is 200 Å². The van der Waals surface area contributed by atoms with Crippen molar-refractivity contribution in [1.29, 1.82) is 0 Å². The van der Waals surface area contributed by atoms with Crippen LogP contribution in [-0.2, 0) is 35.0 Å². The first kappa shape index (κ1) is 28.9. The Morgan fingerprint density at radius 1 is 0.853 bits per heavy atom. The van der Waals surface area contributed by atoms with Crippen molar-refractivity contribution in [3.05, 3.63) is 23.8 Å². The Kier molecular flexibility index (Phi) is 12.7. The molecule has 2 N–H and O–H groups in total. The fourth-order valence-corrected chi connectivity index (χ4v) is 2.70. The summed E-state index contributed by atoms with van der Waals surface area (Å²) in [5.74, 6) is -1.43. The van der Waals surface area contributed by atoms with Gasteiger partial charge in [0.25, 0.3) is 0 Å². The van der Waals surface area contributed by atoms with Crippen molar-refractivity contribution in [3.63, 3.8) is 0 Å². The highest BCUT2D eigenvalue weighted by Gasteiger charge is 2.25. The van der Waals surface area contributed by atoms with E-state index in [-0.39, 0.29) is 37.4 Å². The van der Waals surface area contributed by atoms with Gasteiger partial charge in [-0.2, -0.15) is 0 Å². The molecule has 0 aliphatic rings. The molecule has 10 heteroatoms. The van der Waals surface area contributed by atoms with E-state index in [0.29, 0.717) is 18.4 Å². The van der Waals surface area contributed by atoms with E-state index in [1.54, 1.807) is 26.8 Å². The molecular weight excluding hydrogens is 446 g/mol. The maximum atomic E-state index is 12.4. The maximum absolute atomic E-state index is 12.4. The van der Waals surface area contributed by atoms with Crippen LogP contribution in [0, 0.1) is 0 Å². The fraction of sp³-hybridized carbons (Fsp3) is 0.583. The second kappa shape index (κ2) is 14.9. The van der Waals surface area contributed by atoms with Gasteiger partial charge in [0, 0.05) is 12.8 Å². The van der Waals surface area contributed by atoms with E-state index in [9.17, 15) is 19.2 Å². The van der Waals surface area contributed by atoms with Crippen LogP contribution in [0.3, 0.4) is 0 Å². The first-order chi connectivity index (χ1) is 16.1. The molecule has 0 radical (unpaired) electrons. The molecule has 0 saturated heterocycles.